The van der Waals surface area contributed by atoms with E-state index >= 15 is 0 Å². The first-order valence-corrected chi connectivity index (χ1v) is 5.95. The first-order chi connectivity index (χ1) is 7.10. The van der Waals surface area contributed by atoms with Crippen molar-refractivity contribution in [2.45, 2.75) is 12.7 Å². The van der Waals surface area contributed by atoms with Crippen LogP contribution in [0.25, 0.3) is 0 Å². The zero-order valence-electron chi connectivity index (χ0n) is 9.16. The van der Waals surface area contributed by atoms with Crippen molar-refractivity contribution >= 4 is 23.4 Å². The average Bonchev–Trinajstić information content (AvgIpc) is 2.23. The van der Waals surface area contributed by atoms with Crippen molar-refractivity contribution in [3.05, 3.63) is 28.8 Å². The number of thioether (sulfide) groups is 1. The van der Waals surface area contributed by atoms with E-state index in [0.717, 1.165) is 22.6 Å². The summed E-state index contributed by atoms with van der Waals surface area (Å²) in [5.74, 6) is 0.484. The maximum absolute atomic E-state index is 11.4. The molecule has 0 aliphatic rings. The Morgan fingerprint density at radius 1 is 1.53 bits per heavy atom. The third-order valence-corrected chi connectivity index (χ3v) is 2.79. The van der Waals surface area contributed by atoms with Crippen LogP contribution in [0.5, 0.6) is 0 Å². The molecule has 3 nitrogen and oxygen atoms in total. The minimum Gasteiger partial charge on any atom is -0.465 e. The van der Waals surface area contributed by atoms with Gasteiger partial charge in [-0.3, -0.25) is 0 Å². The Balaban J connectivity index is 3.16. The molecule has 0 radical (unpaired) electrons. The maximum atomic E-state index is 11.4. The van der Waals surface area contributed by atoms with Crippen molar-refractivity contribution in [1.29, 1.82) is 0 Å². The summed E-state index contributed by atoms with van der Waals surface area (Å²) >= 11 is 1.67. The van der Waals surface area contributed by atoms with Gasteiger partial charge in [-0.25, -0.2) is 4.79 Å². The Bertz CT molecular complexity index is 377. The van der Waals surface area contributed by atoms with Crippen LogP contribution in [0.15, 0.2) is 12.1 Å². The molecule has 0 heterocycles. The SMILES string of the molecule is COC(=O)c1cc(C)c(N)c(CSC)c1. The fourth-order valence-corrected chi connectivity index (χ4v) is 1.93. The van der Waals surface area contributed by atoms with Crippen LogP contribution in [0.3, 0.4) is 0 Å². The predicted octanol–water partition coefficient (Wildman–Crippen LogP) is 2.23. The van der Waals surface area contributed by atoms with Gasteiger partial charge in [-0.1, -0.05) is 0 Å². The summed E-state index contributed by atoms with van der Waals surface area (Å²) in [4.78, 5) is 11.4. The smallest absolute Gasteiger partial charge is 0.337 e. The van der Waals surface area contributed by atoms with E-state index in [-0.39, 0.29) is 5.97 Å². The van der Waals surface area contributed by atoms with Gasteiger partial charge in [0, 0.05) is 11.4 Å². The average molecular weight is 225 g/mol. The van der Waals surface area contributed by atoms with E-state index in [9.17, 15) is 4.79 Å². The number of carbonyl (C=O) groups is 1. The number of benzene rings is 1. The van der Waals surface area contributed by atoms with Crippen LogP contribution in [0, 0.1) is 6.92 Å². The Kier molecular flexibility index (Phi) is 4.03. The maximum Gasteiger partial charge on any atom is 0.337 e. The van der Waals surface area contributed by atoms with Crippen LogP contribution >= 0.6 is 11.8 Å². The third kappa shape index (κ3) is 2.65. The van der Waals surface area contributed by atoms with E-state index in [4.69, 9.17) is 5.73 Å². The lowest BCUT2D eigenvalue weighted by atomic mass is 10.0. The minimum atomic E-state index is -0.319. The zero-order chi connectivity index (χ0) is 11.4. The summed E-state index contributed by atoms with van der Waals surface area (Å²) < 4.78 is 4.68. The molecule has 15 heavy (non-hydrogen) atoms. The van der Waals surface area contributed by atoms with Crippen molar-refractivity contribution in [3.63, 3.8) is 0 Å². The summed E-state index contributed by atoms with van der Waals surface area (Å²) in [5, 5.41) is 0. The lowest BCUT2D eigenvalue weighted by molar-refractivity contribution is 0.0600. The van der Waals surface area contributed by atoms with Crippen LogP contribution in [0.1, 0.15) is 21.5 Å². The van der Waals surface area contributed by atoms with E-state index in [1.54, 1.807) is 23.9 Å². The van der Waals surface area contributed by atoms with E-state index in [0.29, 0.717) is 5.56 Å². The molecular formula is C11H15NO2S. The highest BCUT2D eigenvalue weighted by Crippen LogP contribution is 2.23. The van der Waals surface area contributed by atoms with E-state index in [1.165, 1.54) is 7.11 Å². The van der Waals surface area contributed by atoms with Gasteiger partial charge in [0.2, 0.25) is 0 Å². The van der Waals surface area contributed by atoms with Gasteiger partial charge >= 0.3 is 5.97 Å². The second-order valence-electron chi connectivity index (χ2n) is 3.29. The number of methoxy groups -OCH3 is 1. The fourth-order valence-electron chi connectivity index (χ4n) is 1.38. The molecule has 0 aliphatic heterocycles. The van der Waals surface area contributed by atoms with Crippen LogP contribution in [0.4, 0.5) is 5.69 Å². The molecule has 1 aromatic rings. The number of hydrogen-bond donors (Lipinski definition) is 1. The second kappa shape index (κ2) is 5.07. The number of anilines is 1. The molecule has 4 heteroatoms. The Hall–Kier alpha value is -1.16. The topological polar surface area (TPSA) is 52.3 Å². The Labute approximate surface area is 94.0 Å². The molecule has 0 aliphatic carbocycles. The standard InChI is InChI=1S/C11H15NO2S/c1-7-4-8(11(13)14-2)5-9(6-15-3)10(7)12/h4-5H,6,12H2,1-3H3. The van der Waals surface area contributed by atoms with Gasteiger partial charge in [0.15, 0.2) is 0 Å². The fraction of sp³-hybridized carbons (Fsp3) is 0.364. The van der Waals surface area contributed by atoms with Crippen LogP contribution in [-0.2, 0) is 10.5 Å². The number of carbonyl (C=O) groups excluding carboxylic acids is 1. The lowest BCUT2D eigenvalue weighted by Crippen LogP contribution is -2.05. The summed E-state index contributed by atoms with van der Waals surface area (Å²) in [6, 6.07) is 3.55. The molecule has 2 N–H and O–H groups in total. The molecular weight excluding hydrogens is 210 g/mol. The first kappa shape index (κ1) is 11.9. The van der Waals surface area contributed by atoms with Gasteiger partial charge in [-0.05, 0) is 36.4 Å². The Morgan fingerprint density at radius 3 is 2.73 bits per heavy atom. The largest absolute Gasteiger partial charge is 0.465 e. The first-order valence-electron chi connectivity index (χ1n) is 4.56. The van der Waals surface area contributed by atoms with Crippen molar-refractivity contribution in [3.8, 4) is 0 Å². The summed E-state index contributed by atoms with van der Waals surface area (Å²) in [6.45, 7) is 1.89. The van der Waals surface area contributed by atoms with Crippen molar-refractivity contribution in [1.82, 2.24) is 0 Å². The minimum absolute atomic E-state index is 0.319. The van der Waals surface area contributed by atoms with Gasteiger partial charge in [-0.2, -0.15) is 11.8 Å². The number of rotatable bonds is 3. The number of nitrogens with two attached hydrogens (primary N) is 1. The quantitative estimate of drug-likeness (QED) is 0.633. The highest BCUT2D eigenvalue weighted by Gasteiger charge is 2.10. The number of hydrogen-bond acceptors (Lipinski definition) is 4. The molecule has 0 fully saturated rings. The van der Waals surface area contributed by atoms with Gasteiger partial charge in [0.1, 0.15) is 0 Å². The molecule has 0 spiro atoms. The molecule has 1 aromatic carbocycles. The second-order valence-corrected chi connectivity index (χ2v) is 4.16. The highest BCUT2D eigenvalue weighted by molar-refractivity contribution is 7.97. The summed E-state index contributed by atoms with van der Waals surface area (Å²) in [5.41, 5.74) is 9.15. The van der Waals surface area contributed by atoms with Gasteiger partial charge in [-0.15, -0.1) is 0 Å². The normalized spacial score (nSPS) is 10.1. The van der Waals surface area contributed by atoms with Crippen molar-refractivity contribution < 1.29 is 9.53 Å². The molecule has 0 amide bonds. The van der Waals surface area contributed by atoms with E-state index in [1.807, 2.05) is 13.2 Å². The summed E-state index contributed by atoms with van der Waals surface area (Å²) in [7, 11) is 1.38. The molecule has 0 unspecified atom stereocenters. The highest BCUT2D eigenvalue weighted by atomic mass is 32.2. The van der Waals surface area contributed by atoms with E-state index in [2.05, 4.69) is 4.74 Å². The van der Waals surface area contributed by atoms with Crippen molar-refractivity contribution in [2.75, 3.05) is 19.1 Å². The molecule has 0 saturated heterocycles. The van der Waals surface area contributed by atoms with Crippen molar-refractivity contribution in [2.24, 2.45) is 0 Å². The lowest BCUT2D eigenvalue weighted by Gasteiger charge is -2.09. The molecule has 1 rings (SSSR count). The zero-order valence-corrected chi connectivity index (χ0v) is 9.98. The number of esters is 1. The summed E-state index contributed by atoms with van der Waals surface area (Å²) in [6.07, 6.45) is 2.00. The molecule has 0 saturated carbocycles. The molecule has 0 atom stereocenters. The number of ether oxygens (including phenoxy) is 1. The molecule has 0 aromatic heterocycles. The molecule has 0 bridgehead atoms. The van der Waals surface area contributed by atoms with Gasteiger partial charge in [0.25, 0.3) is 0 Å². The van der Waals surface area contributed by atoms with Crippen LogP contribution < -0.4 is 5.73 Å². The van der Waals surface area contributed by atoms with Crippen LogP contribution in [0.2, 0.25) is 0 Å². The number of nitrogen functional groups attached to an aromatic ring is 1. The number of aryl methyl sites for hydroxylation is 1. The monoisotopic (exact) mass is 225 g/mol. The predicted molar refractivity (Wildman–Crippen MR) is 64.1 cm³/mol. The van der Waals surface area contributed by atoms with Gasteiger partial charge in [0.05, 0.1) is 12.7 Å². The van der Waals surface area contributed by atoms with Crippen LogP contribution in [-0.4, -0.2) is 19.3 Å². The molecule has 82 valence electrons. The van der Waals surface area contributed by atoms with E-state index < -0.39 is 0 Å². The Morgan fingerprint density at radius 2 is 2.20 bits per heavy atom. The third-order valence-electron chi connectivity index (χ3n) is 2.19. The van der Waals surface area contributed by atoms with Gasteiger partial charge < -0.3 is 10.5 Å².